The van der Waals surface area contributed by atoms with Crippen molar-refractivity contribution in [1.29, 1.82) is 0 Å². The quantitative estimate of drug-likeness (QED) is 0.786. The van der Waals surface area contributed by atoms with Gasteiger partial charge in [0, 0.05) is 19.6 Å². The standard InChI is InChI=1S/C17H25NO3/c1-13-6-3-8-16(14(13)2)21-11-5-9-17(19)18-12-15-7-4-10-20-15/h3,6,8,15H,4-5,7,9-12H2,1-2H3,(H,18,19). The summed E-state index contributed by atoms with van der Waals surface area (Å²) in [6, 6.07) is 6.03. The maximum atomic E-state index is 11.7. The summed E-state index contributed by atoms with van der Waals surface area (Å²) in [6.07, 6.45) is 3.59. The number of nitrogens with one attached hydrogen (secondary N) is 1. The van der Waals surface area contributed by atoms with E-state index in [4.69, 9.17) is 9.47 Å². The Bertz CT molecular complexity index is 467. The first-order chi connectivity index (χ1) is 10.2. The van der Waals surface area contributed by atoms with Crippen molar-refractivity contribution < 1.29 is 14.3 Å². The van der Waals surface area contributed by atoms with Gasteiger partial charge in [0.25, 0.3) is 0 Å². The van der Waals surface area contributed by atoms with E-state index in [1.165, 1.54) is 11.1 Å². The molecular weight excluding hydrogens is 266 g/mol. The number of rotatable bonds is 7. The van der Waals surface area contributed by atoms with Crippen LogP contribution in [0.25, 0.3) is 0 Å². The topological polar surface area (TPSA) is 47.6 Å². The first kappa shape index (κ1) is 15.8. The van der Waals surface area contributed by atoms with Crippen LogP contribution in [0.3, 0.4) is 0 Å². The fourth-order valence-electron chi connectivity index (χ4n) is 2.42. The maximum absolute atomic E-state index is 11.7. The molecule has 0 radical (unpaired) electrons. The van der Waals surface area contributed by atoms with Gasteiger partial charge in [0.1, 0.15) is 5.75 Å². The van der Waals surface area contributed by atoms with Gasteiger partial charge in [-0.05, 0) is 50.3 Å². The van der Waals surface area contributed by atoms with Crippen LogP contribution in [0.1, 0.15) is 36.8 Å². The molecule has 0 spiro atoms. The van der Waals surface area contributed by atoms with Crippen LogP contribution in [0.4, 0.5) is 0 Å². The smallest absolute Gasteiger partial charge is 0.220 e. The van der Waals surface area contributed by atoms with E-state index in [1.54, 1.807) is 0 Å². The summed E-state index contributed by atoms with van der Waals surface area (Å²) in [5.74, 6) is 0.991. The maximum Gasteiger partial charge on any atom is 0.220 e. The predicted octanol–water partition coefficient (Wildman–Crippen LogP) is 2.76. The second-order valence-electron chi connectivity index (χ2n) is 5.59. The SMILES string of the molecule is Cc1cccc(OCCCC(=O)NCC2CCCO2)c1C. The number of ether oxygens (including phenoxy) is 2. The lowest BCUT2D eigenvalue weighted by Gasteiger charge is -2.12. The molecule has 0 aromatic heterocycles. The lowest BCUT2D eigenvalue weighted by Crippen LogP contribution is -2.31. The zero-order valence-electron chi connectivity index (χ0n) is 13.0. The summed E-state index contributed by atoms with van der Waals surface area (Å²) in [7, 11) is 0. The van der Waals surface area contributed by atoms with Crippen LogP contribution in [-0.4, -0.2) is 31.8 Å². The number of benzene rings is 1. The third-order valence-corrected chi connectivity index (χ3v) is 3.91. The third-order valence-electron chi connectivity index (χ3n) is 3.91. The van der Waals surface area contributed by atoms with Gasteiger partial charge in [-0.1, -0.05) is 12.1 Å². The number of carbonyl (C=O) groups excluding carboxylic acids is 1. The highest BCUT2D eigenvalue weighted by Crippen LogP contribution is 2.20. The first-order valence-corrected chi connectivity index (χ1v) is 7.74. The zero-order chi connectivity index (χ0) is 15.1. The van der Waals surface area contributed by atoms with Crippen LogP contribution in [0.2, 0.25) is 0 Å². The molecule has 1 aliphatic heterocycles. The molecule has 1 saturated heterocycles. The minimum atomic E-state index is 0.0788. The second kappa shape index (κ2) is 8.03. The van der Waals surface area contributed by atoms with E-state index in [0.29, 0.717) is 19.6 Å². The molecule has 1 aromatic rings. The van der Waals surface area contributed by atoms with Crippen molar-refractivity contribution in [1.82, 2.24) is 5.32 Å². The van der Waals surface area contributed by atoms with E-state index < -0.39 is 0 Å². The molecular formula is C17H25NO3. The fourth-order valence-corrected chi connectivity index (χ4v) is 2.42. The molecule has 0 aliphatic carbocycles. The van der Waals surface area contributed by atoms with E-state index in [0.717, 1.165) is 31.6 Å². The van der Waals surface area contributed by atoms with Crippen molar-refractivity contribution in [3.8, 4) is 5.75 Å². The van der Waals surface area contributed by atoms with Gasteiger partial charge in [0.05, 0.1) is 12.7 Å². The summed E-state index contributed by atoms with van der Waals surface area (Å²) in [5, 5.41) is 2.92. The summed E-state index contributed by atoms with van der Waals surface area (Å²) >= 11 is 0. The van der Waals surface area contributed by atoms with E-state index >= 15 is 0 Å². The second-order valence-corrected chi connectivity index (χ2v) is 5.59. The Labute approximate surface area is 126 Å². The Morgan fingerprint density at radius 3 is 3.05 bits per heavy atom. The van der Waals surface area contributed by atoms with E-state index in [1.807, 2.05) is 12.1 Å². The largest absolute Gasteiger partial charge is 0.493 e. The van der Waals surface area contributed by atoms with Crippen LogP contribution < -0.4 is 10.1 Å². The summed E-state index contributed by atoms with van der Waals surface area (Å²) in [6.45, 7) is 6.15. The zero-order valence-corrected chi connectivity index (χ0v) is 13.0. The van der Waals surface area contributed by atoms with Crippen molar-refractivity contribution in [3.05, 3.63) is 29.3 Å². The lowest BCUT2D eigenvalue weighted by molar-refractivity contribution is -0.121. The summed E-state index contributed by atoms with van der Waals surface area (Å²) < 4.78 is 11.2. The molecule has 1 heterocycles. The van der Waals surface area contributed by atoms with Gasteiger partial charge >= 0.3 is 0 Å². The van der Waals surface area contributed by atoms with E-state index in [2.05, 4.69) is 25.2 Å². The molecule has 1 aromatic carbocycles. The number of hydrogen-bond acceptors (Lipinski definition) is 3. The van der Waals surface area contributed by atoms with Crippen LogP contribution >= 0.6 is 0 Å². The van der Waals surface area contributed by atoms with Crippen LogP contribution in [0.5, 0.6) is 5.75 Å². The van der Waals surface area contributed by atoms with Gasteiger partial charge in [-0.25, -0.2) is 0 Å². The van der Waals surface area contributed by atoms with Crippen LogP contribution in [-0.2, 0) is 9.53 Å². The molecule has 21 heavy (non-hydrogen) atoms. The Morgan fingerprint density at radius 1 is 1.43 bits per heavy atom. The van der Waals surface area contributed by atoms with Crippen LogP contribution in [0, 0.1) is 13.8 Å². The van der Waals surface area contributed by atoms with Gasteiger partial charge in [0.15, 0.2) is 0 Å². The lowest BCUT2D eigenvalue weighted by atomic mass is 10.1. The minimum Gasteiger partial charge on any atom is -0.493 e. The van der Waals surface area contributed by atoms with E-state index in [-0.39, 0.29) is 12.0 Å². The van der Waals surface area contributed by atoms with Gasteiger partial charge < -0.3 is 14.8 Å². The number of hydrogen-bond donors (Lipinski definition) is 1. The van der Waals surface area contributed by atoms with Crippen molar-refractivity contribution in [3.63, 3.8) is 0 Å². The molecule has 116 valence electrons. The van der Waals surface area contributed by atoms with Gasteiger partial charge in [-0.3, -0.25) is 4.79 Å². The molecule has 1 fully saturated rings. The van der Waals surface area contributed by atoms with Gasteiger partial charge in [0.2, 0.25) is 5.91 Å². The Kier molecular flexibility index (Phi) is 6.05. The summed E-state index contributed by atoms with van der Waals surface area (Å²) in [5.41, 5.74) is 2.39. The van der Waals surface area contributed by atoms with Crippen molar-refractivity contribution >= 4 is 5.91 Å². The van der Waals surface area contributed by atoms with Gasteiger partial charge in [-0.2, -0.15) is 0 Å². The number of amides is 1. The molecule has 4 nitrogen and oxygen atoms in total. The number of carbonyl (C=O) groups is 1. The van der Waals surface area contributed by atoms with Crippen molar-refractivity contribution in [2.45, 2.75) is 45.6 Å². The van der Waals surface area contributed by atoms with Crippen molar-refractivity contribution in [2.24, 2.45) is 0 Å². The van der Waals surface area contributed by atoms with Gasteiger partial charge in [-0.15, -0.1) is 0 Å². The Balaban J connectivity index is 1.60. The normalized spacial score (nSPS) is 17.7. The first-order valence-electron chi connectivity index (χ1n) is 7.74. The molecule has 1 atom stereocenters. The average molecular weight is 291 g/mol. The molecule has 0 saturated carbocycles. The number of aryl methyl sites for hydroxylation is 1. The molecule has 2 rings (SSSR count). The molecule has 1 N–H and O–H groups in total. The fraction of sp³-hybridized carbons (Fsp3) is 0.588. The molecule has 1 unspecified atom stereocenters. The summed E-state index contributed by atoms with van der Waals surface area (Å²) in [4.78, 5) is 11.7. The third kappa shape index (κ3) is 5.05. The highest BCUT2D eigenvalue weighted by atomic mass is 16.5. The highest BCUT2D eigenvalue weighted by molar-refractivity contribution is 5.75. The predicted molar refractivity (Wildman–Crippen MR) is 82.6 cm³/mol. The minimum absolute atomic E-state index is 0.0788. The average Bonchev–Trinajstić information content (AvgIpc) is 2.99. The van der Waals surface area contributed by atoms with E-state index in [9.17, 15) is 4.79 Å². The molecule has 4 heteroatoms. The Hall–Kier alpha value is -1.55. The Morgan fingerprint density at radius 2 is 2.29 bits per heavy atom. The molecule has 1 aliphatic rings. The van der Waals surface area contributed by atoms with Crippen molar-refractivity contribution in [2.75, 3.05) is 19.8 Å². The highest BCUT2D eigenvalue weighted by Gasteiger charge is 2.15. The molecule has 0 bridgehead atoms. The monoisotopic (exact) mass is 291 g/mol. The molecule has 1 amide bonds. The van der Waals surface area contributed by atoms with Crippen LogP contribution in [0.15, 0.2) is 18.2 Å².